The summed E-state index contributed by atoms with van der Waals surface area (Å²) in [4.78, 5) is 16.1. The van der Waals surface area contributed by atoms with E-state index in [0.717, 1.165) is 17.9 Å². The fourth-order valence-electron chi connectivity index (χ4n) is 2.28. The van der Waals surface area contributed by atoms with Crippen molar-refractivity contribution < 1.29 is 9.53 Å². The van der Waals surface area contributed by atoms with Gasteiger partial charge >= 0.3 is 0 Å². The number of hydrogen-bond acceptors (Lipinski definition) is 3. The number of hydrogen-bond donors (Lipinski definition) is 1. The van der Waals surface area contributed by atoms with Crippen LogP contribution < -0.4 is 10.1 Å². The summed E-state index contributed by atoms with van der Waals surface area (Å²) in [6, 6.07) is 11.6. The van der Waals surface area contributed by atoms with Crippen LogP contribution in [0.25, 0.3) is 0 Å². The Morgan fingerprint density at radius 3 is 2.95 bits per heavy atom. The predicted octanol–water partition coefficient (Wildman–Crippen LogP) is 2.12. The van der Waals surface area contributed by atoms with E-state index in [4.69, 9.17) is 4.74 Å². The standard InChI is InChI=1S/C16H16N2O2/c1-11-6-7-13(9-17-11)16(19)18-10-14-8-12-4-2-3-5-15(12)20-14/h2-7,9,14H,8,10H2,1H3,(H,18,19). The van der Waals surface area contributed by atoms with Gasteiger partial charge in [0.05, 0.1) is 12.1 Å². The Labute approximate surface area is 117 Å². The predicted molar refractivity (Wildman–Crippen MR) is 75.9 cm³/mol. The Hall–Kier alpha value is -2.36. The van der Waals surface area contributed by atoms with E-state index in [0.29, 0.717) is 12.1 Å². The van der Waals surface area contributed by atoms with Crippen molar-refractivity contribution in [2.75, 3.05) is 6.54 Å². The Bertz CT molecular complexity index is 598. The number of ether oxygens (including phenoxy) is 1. The van der Waals surface area contributed by atoms with Gasteiger partial charge in [-0.3, -0.25) is 9.78 Å². The molecule has 0 fully saturated rings. The summed E-state index contributed by atoms with van der Waals surface area (Å²) in [6.45, 7) is 2.40. The zero-order valence-electron chi connectivity index (χ0n) is 11.3. The van der Waals surface area contributed by atoms with Gasteiger partial charge in [0.1, 0.15) is 11.9 Å². The number of para-hydroxylation sites is 1. The van der Waals surface area contributed by atoms with Crippen LogP contribution in [-0.2, 0) is 6.42 Å². The molecule has 4 nitrogen and oxygen atoms in total. The molecule has 3 rings (SSSR count). The van der Waals surface area contributed by atoms with Crippen LogP contribution in [0.5, 0.6) is 5.75 Å². The Kier molecular flexibility index (Phi) is 3.37. The van der Waals surface area contributed by atoms with Crippen LogP contribution in [0.4, 0.5) is 0 Å². The molecular formula is C16H16N2O2. The minimum atomic E-state index is -0.114. The maximum Gasteiger partial charge on any atom is 0.252 e. The first kappa shape index (κ1) is 12.7. The number of nitrogens with one attached hydrogen (secondary N) is 1. The highest BCUT2D eigenvalue weighted by Gasteiger charge is 2.22. The van der Waals surface area contributed by atoms with Gasteiger partial charge in [-0.25, -0.2) is 0 Å². The lowest BCUT2D eigenvalue weighted by Gasteiger charge is -2.11. The van der Waals surface area contributed by atoms with Gasteiger partial charge in [-0.15, -0.1) is 0 Å². The lowest BCUT2D eigenvalue weighted by atomic mass is 10.1. The molecule has 1 amide bonds. The topological polar surface area (TPSA) is 51.2 Å². The van der Waals surface area contributed by atoms with Crippen LogP contribution in [0.15, 0.2) is 42.6 Å². The van der Waals surface area contributed by atoms with Gasteiger partial charge in [-0.05, 0) is 30.7 Å². The first-order valence-electron chi connectivity index (χ1n) is 6.68. The zero-order chi connectivity index (χ0) is 13.9. The monoisotopic (exact) mass is 268 g/mol. The molecule has 4 heteroatoms. The third kappa shape index (κ3) is 2.64. The number of carbonyl (C=O) groups excluding carboxylic acids is 1. The molecule has 0 spiro atoms. The average molecular weight is 268 g/mol. The van der Waals surface area contributed by atoms with Crippen LogP contribution in [0.3, 0.4) is 0 Å². The van der Waals surface area contributed by atoms with E-state index in [1.165, 1.54) is 5.56 Å². The van der Waals surface area contributed by atoms with Crippen LogP contribution in [0, 0.1) is 6.92 Å². The summed E-state index contributed by atoms with van der Waals surface area (Å²) in [5.74, 6) is 0.806. The summed E-state index contributed by atoms with van der Waals surface area (Å²) in [7, 11) is 0. The second kappa shape index (κ2) is 5.33. The largest absolute Gasteiger partial charge is 0.488 e. The first-order chi connectivity index (χ1) is 9.72. The number of aryl methyl sites for hydroxylation is 1. The van der Waals surface area contributed by atoms with Gasteiger partial charge in [0.15, 0.2) is 0 Å². The van der Waals surface area contributed by atoms with Crippen LogP contribution in [0.1, 0.15) is 21.6 Å². The molecule has 0 saturated carbocycles. The molecule has 102 valence electrons. The third-order valence-corrected chi connectivity index (χ3v) is 3.38. The molecule has 1 aliphatic heterocycles. The summed E-state index contributed by atoms with van der Waals surface area (Å²) in [5.41, 5.74) is 2.67. The van der Waals surface area contributed by atoms with Gasteiger partial charge in [0.2, 0.25) is 0 Å². The fourth-order valence-corrected chi connectivity index (χ4v) is 2.28. The number of carbonyl (C=O) groups is 1. The van der Waals surface area contributed by atoms with Crippen molar-refractivity contribution in [2.45, 2.75) is 19.4 Å². The van der Waals surface area contributed by atoms with Crippen molar-refractivity contribution in [1.29, 1.82) is 0 Å². The molecule has 0 radical (unpaired) electrons. The average Bonchev–Trinajstić information content (AvgIpc) is 2.88. The SMILES string of the molecule is Cc1ccc(C(=O)NCC2Cc3ccccc3O2)cn1. The van der Waals surface area contributed by atoms with E-state index >= 15 is 0 Å². The van der Waals surface area contributed by atoms with E-state index in [1.807, 2.05) is 31.2 Å². The lowest BCUT2D eigenvalue weighted by Crippen LogP contribution is -2.34. The van der Waals surface area contributed by atoms with Gasteiger partial charge in [0.25, 0.3) is 5.91 Å². The Balaban J connectivity index is 1.56. The van der Waals surface area contributed by atoms with Crippen molar-refractivity contribution in [3.05, 3.63) is 59.4 Å². The van der Waals surface area contributed by atoms with Crippen molar-refractivity contribution in [1.82, 2.24) is 10.3 Å². The quantitative estimate of drug-likeness (QED) is 0.927. The summed E-state index contributed by atoms with van der Waals surface area (Å²) >= 11 is 0. The Morgan fingerprint density at radius 2 is 2.20 bits per heavy atom. The van der Waals surface area contributed by atoms with Gasteiger partial charge in [-0.1, -0.05) is 18.2 Å². The maximum atomic E-state index is 12.0. The number of pyridine rings is 1. The molecule has 1 N–H and O–H groups in total. The number of rotatable bonds is 3. The molecule has 20 heavy (non-hydrogen) atoms. The minimum absolute atomic E-state index is 0.00903. The smallest absolute Gasteiger partial charge is 0.252 e. The molecule has 0 bridgehead atoms. The Morgan fingerprint density at radius 1 is 1.35 bits per heavy atom. The van der Waals surface area contributed by atoms with E-state index in [-0.39, 0.29) is 12.0 Å². The number of benzene rings is 1. The van der Waals surface area contributed by atoms with E-state index in [9.17, 15) is 4.79 Å². The second-order valence-electron chi connectivity index (χ2n) is 4.95. The first-order valence-corrected chi connectivity index (χ1v) is 6.68. The maximum absolute atomic E-state index is 12.0. The van der Waals surface area contributed by atoms with Gasteiger partial charge < -0.3 is 10.1 Å². The van der Waals surface area contributed by atoms with Crippen molar-refractivity contribution in [3.8, 4) is 5.75 Å². The molecule has 1 unspecified atom stereocenters. The number of nitrogens with zero attached hydrogens (tertiary/aromatic N) is 1. The van der Waals surface area contributed by atoms with Gasteiger partial charge in [0, 0.05) is 18.3 Å². The third-order valence-electron chi connectivity index (χ3n) is 3.38. The molecule has 1 aromatic carbocycles. The highest BCUT2D eigenvalue weighted by molar-refractivity contribution is 5.93. The molecule has 1 aliphatic rings. The summed E-state index contributed by atoms with van der Waals surface area (Å²) in [6.07, 6.45) is 2.44. The molecule has 0 aliphatic carbocycles. The molecule has 0 saturated heterocycles. The van der Waals surface area contributed by atoms with Crippen LogP contribution in [-0.4, -0.2) is 23.5 Å². The van der Waals surface area contributed by atoms with Gasteiger partial charge in [-0.2, -0.15) is 0 Å². The molecular weight excluding hydrogens is 252 g/mol. The van der Waals surface area contributed by atoms with Crippen LogP contribution >= 0.6 is 0 Å². The highest BCUT2D eigenvalue weighted by atomic mass is 16.5. The van der Waals surface area contributed by atoms with Crippen LogP contribution in [0.2, 0.25) is 0 Å². The molecule has 2 aromatic rings. The lowest BCUT2D eigenvalue weighted by molar-refractivity contribution is 0.0933. The minimum Gasteiger partial charge on any atom is -0.488 e. The second-order valence-corrected chi connectivity index (χ2v) is 4.95. The summed E-state index contributed by atoms with van der Waals surface area (Å²) < 4.78 is 5.78. The number of aromatic nitrogens is 1. The van der Waals surface area contributed by atoms with E-state index in [2.05, 4.69) is 16.4 Å². The zero-order valence-corrected chi connectivity index (χ0v) is 11.3. The fraction of sp³-hybridized carbons (Fsp3) is 0.250. The van der Waals surface area contributed by atoms with E-state index < -0.39 is 0 Å². The van der Waals surface area contributed by atoms with Crippen molar-refractivity contribution >= 4 is 5.91 Å². The summed E-state index contributed by atoms with van der Waals surface area (Å²) in [5, 5.41) is 2.89. The van der Waals surface area contributed by atoms with Crippen molar-refractivity contribution in [3.63, 3.8) is 0 Å². The van der Waals surface area contributed by atoms with E-state index in [1.54, 1.807) is 12.3 Å². The normalized spacial score (nSPS) is 16.4. The number of amides is 1. The van der Waals surface area contributed by atoms with Crippen molar-refractivity contribution in [2.24, 2.45) is 0 Å². The molecule has 1 atom stereocenters. The number of fused-ring (bicyclic) bond motifs is 1. The molecule has 1 aromatic heterocycles. The molecule has 2 heterocycles. The highest BCUT2D eigenvalue weighted by Crippen LogP contribution is 2.27.